The van der Waals surface area contributed by atoms with Crippen LogP contribution in [-0.2, 0) is 32.9 Å². The Balaban J connectivity index is 0.00000464. The van der Waals surface area contributed by atoms with Crippen LogP contribution in [0.5, 0.6) is 11.5 Å². The Morgan fingerprint density at radius 1 is 0.942 bits per heavy atom. The van der Waals surface area contributed by atoms with E-state index in [0.717, 1.165) is 46.5 Å². The first-order valence-electron chi connectivity index (χ1n) is 18.8. The van der Waals surface area contributed by atoms with Gasteiger partial charge >= 0.3 is 21.1 Å². The summed E-state index contributed by atoms with van der Waals surface area (Å²) in [5, 5.41) is 7.53. The van der Waals surface area contributed by atoms with Gasteiger partial charge in [0.25, 0.3) is 0 Å². The summed E-state index contributed by atoms with van der Waals surface area (Å²) in [5.74, 6) is 3.97. The average Bonchev–Trinajstić information content (AvgIpc) is 3.58. The fourth-order valence-corrected chi connectivity index (χ4v) is 8.43. The minimum Gasteiger partial charge on any atom is -0.509 e. The number of aryl methyl sites for hydroxylation is 2. The second kappa shape index (κ2) is 14.8. The number of allylic oxidation sites excluding steroid dienone is 2. The number of nitrogens with zero attached hydrogens (tertiary/aromatic N) is 4. The standard InChI is InChI=1S/C46H52N4O.Pt/c1-11-14-33-19-20-47-42(23-33)49-40-16-13-12-15-38(40)39-18-17-36(27-41(39)49)51-37-25-34(46(8,9)10)24-35(26-37)50-45(28(2)3)44(32(7)48-50)43-30(5)21-29(4)22-31(43)6;/h12-13,15-21,23-25,28-29,31,43H,11,14,22H2,1-10H3;/q-2;+2/t29-,31-,43?;/m0./s1. The van der Waals surface area contributed by atoms with Crippen LogP contribution in [0.4, 0.5) is 0 Å². The number of rotatable bonds is 8. The SMILES string of the molecule is CCCc1ccnc(-n2c3[c-]c(Oc4[c-]c(-n5nc(C)c(C6C(C)=C[C@H](C)C[C@@H]6C)c5C(C)C)cc(C(C)(C)C)c4)ccc3c3ccccc32)c1.[Pt+2]. The van der Waals surface area contributed by atoms with E-state index < -0.39 is 0 Å². The number of pyridine rings is 1. The minimum atomic E-state index is -0.117. The second-order valence-electron chi connectivity index (χ2n) is 16.2. The van der Waals surface area contributed by atoms with Gasteiger partial charge in [-0.3, -0.25) is 4.68 Å². The molecule has 7 rings (SSSR count). The van der Waals surface area contributed by atoms with Crippen LogP contribution in [0, 0.1) is 30.9 Å². The van der Waals surface area contributed by atoms with Crippen molar-refractivity contribution >= 4 is 21.8 Å². The predicted molar refractivity (Wildman–Crippen MR) is 211 cm³/mol. The quantitative estimate of drug-likeness (QED) is 0.113. The van der Waals surface area contributed by atoms with E-state index in [1.54, 1.807) is 0 Å². The summed E-state index contributed by atoms with van der Waals surface area (Å²) in [6, 6.07) is 28.6. The van der Waals surface area contributed by atoms with Crippen LogP contribution in [0.3, 0.4) is 0 Å². The maximum atomic E-state index is 6.74. The molecule has 0 radical (unpaired) electrons. The van der Waals surface area contributed by atoms with Crippen molar-refractivity contribution in [2.24, 2.45) is 11.8 Å². The van der Waals surface area contributed by atoms with Crippen LogP contribution in [0.25, 0.3) is 33.3 Å². The molecule has 6 heteroatoms. The molecule has 0 saturated heterocycles. The molecule has 0 aliphatic heterocycles. The molecule has 272 valence electrons. The Kier molecular flexibility index (Phi) is 10.8. The maximum Gasteiger partial charge on any atom is 2.00 e. The first-order chi connectivity index (χ1) is 24.3. The molecule has 0 N–H and O–H groups in total. The molecule has 0 saturated carbocycles. The fraction of sp³-hybridized carbons (Fsp3) is 0.391. The summed E-state index contributed by atoms with van der Waals surface area (Å²) in [6.45, 7) is 22.7. The smallest absolute Gasteiger partial charge is 0.509 e. The molecule has 3 aromatic carbocycles. The van der Waals surface area contributed by atoms with Crippen LogP contribution < -0.4 is 4.74 Å². The van der Waals surface area contributed by atoms with Crippen molar-refractivity contribution in [3.63, 3.8) is 0 Å². The molecule has 6 aromatic rings. The zero-order chi connectivity index (χ0) is 36.2. The van der Waals surface area contributed by atoms with Gasteiger partial charge < -0.3 is 9.30 Å². The Morgan fingerprint density at radius 2 is 1.71 bits per heavy atom. The van der Waals surface area contributed by atoms with Gasteiger partial charge in [0, 0.05) is 40.4 Å². The molecule has 0 spiro atoms. The van der Waals surface area contributed by atoms with Gasteiger partial charge in [-0.15, -0.1) is 41.3 Å². The Hall–Kier alpha value is -3.95. The fourth-order valence-electron chi connectivity index (χ4n) is 8.43. The molecule has 3 atom stereocenters. The molecule has 3 aromatic heterocycles. The number of ether oxygens (including phenoxy) is 1. The van der Waals surface area contributed by atoms with Crippen molar-refractivity contribution in [1.82, 2.24) is 19.3 Å². The van der Waals surface area contributed by atoms with E-state index in [2.05, 4.69) is 151 Å². The summed E-state index contributed by atoms with van der Waals surface area (Å²) in [7, 11) is 0. The molecule has 52 heavy (non-hydrogen) atoms. The molecule has 5 nitrogen and oxygen atoms in total. The van der Waals surface area contributed by atoms with Crippen LogP contribution in [0.2, 0.25) is 0 Å². The van der Waals surface area contributed by atoms with Crippen LogP contribution in [0.15, 0.2) is 78.5 Å². The van der Waals surface area contributed by atoms with Crippen LogP contribution in [0.1, 0.15) is 115 Å². The van der Waals surface area contributed by atoms with Gasteiger partial charge in [-0.1, -0.05) is 97.2 Å². The summed E-state index contributed by atoms with van der Waals surface area (Å²) in [4.78, 5) is 4.82. The van der Waals surface area contributed by atoms with Crippen molar-refractivity contribution in [3.05, 3.63) is 119 Å². The monoisotopic (exact) mass is 871 g/mol. The van der Waals surface area contributed by atoms with E-state index in [1.165, 1.54) is 39.8 Å². The van der Waals surface area contributed by atoms with Crippen LogP contribution >= 0.6 is 0 Å². The largest absolute Gasteiger partial charge is 2.00 e. The van der Waals surface area contributed by atoms with E-state index in [9.17, 15) is 0 Å². The van der Waals surface area contributed by atoms with E-state index in [-0.39, 0.29) is 32.4 Å². The first kappa shape index (κ1) is 37.8. The number of benzene rings is 3. The molecule has 0 bridgehead atoms. The third kappa shape index (κ3) is 7.06. The zero-order valence-electron chi connectivity index (χ0n) is 32.4. The number of fused-ring (bicyclic) bond motifs is 3. The van der Waals surface area contributed by atoms with Gasteiger partial charge in [-0.2, -0.15) is 11.2 Å². The molecule has 3 heterocycles. The first-order valence-corrected chi connectivity index (χ1v) is 18.8. The van der Waals surface area contributed by atoms with Crippen LogP contribution in [-0.4, -0.2) is 19.3 Å². The normalized spacial score (nSPS) is 17.8. The number of aromatic nitrogens is 4. The van der Waals surface area contributed by atoms with Crippen molar-refractivity contribution in [2.75, 3.05) is 0 Å². The Bertz CT molecular complexity index is 2270. The van der Waals surface area contributed by atoms with E-state index in [1.807, 2.05) is 12.3 Å². The summed E-state index contributed by atoms with van der Waals surface area (Å²) < 4.78 is 11.1. The van der Waals surface area contributed by atoms with Crippen molar-refractivity contribution < 1.29 is 25.8 Å². The third-order valence-electron chi connectivity index (χ3n) is 10.6. The topological polar surface area (TPSA) is 44.9 Å². The third-order valence-corrected chi connectivity index (χ3v) is 10.6. The van der Waals surface area contributed by atoms with Gasteiger partial charge in [-0.25, -0.2) is 4.98 Å². The average molecular weight is 872 g/mol. The zero-order valence-corrected chi connectivity index (χ0v) is 34.6. The van der Waals surface area contributed by atoms with Crippen molar-refractivity contribution in [3.8, 4) is 23.0 Å². The molecular formula is C46H52N4OPt. The van der Waals surface area contributed by atoms with Gasteiger partial charge in [0.1, 0.15) is 5.82 Å². The molecular weight excluding hydrogens is 820 g/mol. The van der Waals surface area contributed by atoms with Crippen molar-refractivity contribution in [1.29, 1.82) is 0 Å². The van der Waals surface area contributed by atoms with Gasteiger partial charge in [0.05, 0.1) is 5.69 Å². The second-order valence-corrected chi connectivity index (χ2v) is 16.2. The van der Waals surface area contributed by atoms with E-state index >= 15 is 0 Å². The Labute approximate surface area is 324 Å². The summed E-state index contributed by atoms with van der Waals surface area (Å²) in [5.41, 5.74) is 10.5. The summed E-state index contributed by atoms with van der Waals surface area (Å²) in [6.07, 6.45) is 7.66. The Morgan fingerprint density at radius 3 is 2.42 bits per heavy atom. The number of para-hydroxylation sites is 1. The van der Waals surface area contributed by atoms with Gasteiger partial charge in [-0.05, 0) is 84.7 Å². The molecule has 1 aliphatic rings. The molecule has 0 fully saturated rings. The maximum absolute atomic E-state index is 6.74. The molecule has 0 amide bonds. The molecule has 1 aliphatic carbocycles. The van der Waals surface area contributed by atoms with Gasteiger partial charge in [0.15, 0.2) is 0 Å². The van der Waals surface area contributed by atoms with E-state index in [0.29, 0.717) is 29.3 Å². The number of hydrogen-bond acceptors (Lipinski definition) is 3. The predicted octanol–water partition coefficient (Wildman–Crippen LogP) is 12.1. The summed E-state index contributed by atoms with van der Waals surface area (Å²) >= 11 is 0. The van der Waals surface area contributed by atoms with Gasteiger partial charge in [0.2, 0.25) is 0 Å². The minimum absolute atomic E-state index is 0. The molecule has 1 unspecified atom stereocenters. The van der Waals surface area contributed by atoms with Crippen molar-refractivity contribution in [2.45, 2.75) is 106 Å². The van der Waals surface area contributed by atoms with E-state index in [4.69, 9.17) is 14.8 Å². The number of hydrogen-bond donors (Lipinski definition) is 0.